The minimum Gasteiger partial charge on any atom is -0.122 e. The fourth-order valence-corrected chi connectivity index (χ4v) is 0.850. The van der Waals surface area contributed by atoms with Crippen molar-refractivity contribution in [3.05, 3.63) is 0 Å². The third-order valence-corrected chi connectivity index (χ3v) is 2.09. The molecular weight excluding hydrogens is 143 g/mol. The van der Waals surface area contributed by atoms with E-state index >= 15 is 0 Å². The molecule has 0 radical (unpaired) electrons. The van der Waals surface area contributed by atoms with Crippen molar-refractivity contribution in [2.24, 2.45) is 0 Å². The van der Waals surface area contributed by atoms with Crippen LogP contribution in [-0.4, -0.2) is 10.8 Å². The van der Waals surface area contributed by atoms with Gasteiger partial charge in [0, 0.05) is 10.8 Å². The molecule has 2 heteroatoms. The van der Waals surface area contributed by atoms with Crippen LogP contribution in [-0.2, 0) is 0 Å². The lowest BCUT2D eigenvalue weighted by molar-refractivity contribution is 0.717. The normalized spacial score (nSPS) is 18.0. The Morgan fingerprint density at radius 1 is 1.38 bits per heavy atom. The Hall–Kier alpha value is 0.580. The maximum absolute atomic E-state index is 5.78. The Labute approximate surface area is 61.2 Å². The third-order valence-electron chi connectivity index (χ3n) is 1.06. The van der Waals surface area contributed by atoms with Crippen LogP contribution >= 0.6 is 23.2 Å². The molecule has 0 saturated carbocycles. The Morgan fingerprint density at radius 2 is 1.88 bits per heavy atom. The van der Waals surface area contributed by atoms with Crippen molar-refractivity contribution in [3.63, 3.8) is 0 Å². The minimum absolute atomic E-state index is 0.108. The summed E-state index contributed by atoms with van der Waals surface area (Å²) in [5, 5.41) is 0.262. The molecule has 50 valence electrons. The number of rotatable bonds is 3. The third kappa shape index (κ3) is 3.57. The van der Waals surface area contributed by atoms with Crippen molar-refractivity contribution in [2.75, 3.05) is 0 Å². The highest BCUT2D eigenvalue weighted by Crippen LogP contribution is 2.13. The van der Waals surface area contributed by atoms with Gasteiger partial charge in [-0.25, -0.2) is 0 Å². The molecule has 0 fully saturated rings. The van der Waals surface area contributed by atoms with Gasteiger partial charge in [-0.1, -0.05) is 13.3 Å². The van der Waals surface area contributed by atoms with Crippen molar-refractivity contribution in [1.29, 1.82) is 0 Å². The Bertz CT molecular complexity index is 52.5. The van der Waals surface area contributed by atoms with E-state index in [2.05, 4.69) is 6.92 Å². The monoisotopic (exact) mass is 154 g/mol. The molecule has 0 rings (SSSR count). The standard InChI is InChI=1S/C6H12Cl2/c1-3-4-6(8)5(2)7/h5-6H,3-4H2,1-2H3/t5-,6+/m0/s1. The largest absolute Gasteiger partial charge is 0.122 e. The van der Waals surface area contributed by atoms with E-state index in [-0.39, 0.29) is 10.8 Å². The summed E-state index contributed by atoms with van der Waals surface area (Å²) >= 11 is 11.5. The van der Waals surface area contributed by atoms with E-state index in [1.165, 1.54) is 0 Å². The predicted octanol–water partition coefficient (Wildman–Crippen LogP) is 3.02. The molecule has 0 unspecified atom stereocenters. The highest BCUT2D eigenvalue weighted by molar-refractivity contribution is 6.29. The second kappa shape index (κ2) is 4.46. The van der Waals surface area contributed by atoms with Gasteiger partial charge in [-0.05, 0) is 13.3 Å². The van der Waals surface area contributed by atoms with Gasteiger partial charge in [0.15, 0.2) is 0 Å². The SMILES string of the molecule is CCC[C@@H](Cl)[C@H](C)Cl. The summed E-state index contributed by atoms with van der Waals surface area (Å²) in [5.41, 5.74) is 0. The van der Waals surface area contributed by atoms with E-state index in [0.717, 1.165) is 12.8 Å². The van der Waals surface area contributed by atoms with Gasteiger partial charge in [0.25, 0.3) is 0 Å². The number of hydrogen-bond donors (Lipinski definition) is 0. The van der Waals surface area contributed by atoms with Crippen LogP contribution in [0.4, 0.5) is 0 Å². The highest BCUT2D eigenvalue weighted by atomic mass is 35.5. The molecule has 0 spiro atoms. The summed E-state index contributed by atoms with van der Waals surface area (Å²) in [6, 6.07) is 0. The van der Waals surface area contributed by atoms with Crippen LogP contribution in [0.5, 0.6) is 0 Å². The summed E-state index contributed by atoms with van der Waals surface area (Å²) in [6.45, 7) is 4.03. The summed E-state index contributed by atoms with van der Waals surface area (Å²) in [5.74, 6) is 0. The van der Waals surface area contributed by atoms with E-state index in [1.807, 2.05) is 6.92 Å². The first-order valence-electron chi connectivity index (χ1n) is 2.96. The van der Waals surface area contributed by atoms with Crippen LogP contribution in [0.3, 0.4) is 0 Å². The van der Waals surface area contributed by atoms with Crippen molar-refractivity contribution in [3.8, 4) is 0 Å². The van der Waals surface area contributed by atoms with Gasteiger partial charge in [0.1, 0.15) is 0 Å². The molecular formula is C6H12Cl2. The van der Waals surface area contributed by atoms with Crippen LogP contribution in [0, 0.1) is 0 Å². The highest BCUT2D eigenvalue weighted by Gasteiger charge is 2.08. The van der Waals surface area contributed by atoms with E-state index in [9.17, 15) is 0 Å². The lowest BCUT2D eigenvalue weighted by atomic mass is 10.2. The van der Waals surface area contributed by atoms with Crippen LogP contribution < -0.4 is 0 Å². The topological polar surface area (TPSA) is 0 Å². The van der Waals surface area contributed by atoms with Gasteiger partial charge >= 0.3 is 0 Å². The average molecular weight is 155 g/mol. The Kier molecular flexibility index (Phi) is 4.78. The Balaban J connectivity index is 3.17. The van der Waals surface area contributed by atoms with Crippen LogP contribution in [0.2, 0.25) is 0 Å². The number of alkyl halides is 2. The fraction of sp³-hybridized carbons (Fsp3) is 1.00. The second-order valence-electron chi connectivity index (χ2n) is 1.98. The van der Waals surface area contributed by atoms with Gasteiger partial charge in [0.2, 0.25) is 0 Å². The van der Waals surface area contributed by atoms with Gasteiger partial charge in [-0.2, -0.15) is 0 Å². The van der Waals surface area contributed by atoms with Gasteiger partial charge < -0.3 is 0 Å². The zero-order valence-corrected chi connectivity index (χ0v) is 6.84. The molecule has 0 N–H and O–H groups in total. The number of hydrogen-bond acceptors (Lipinski definition) is 0. The first-order chi connectivity index (χ1) is 3.68. The van der Waals surface area contributed by atoms with E-state index in [4.69, 9.17) is 23.2 Å². The summed E-state index contributed by atoms with van der Waals surface area (Å²) in [7, 11) is 0. The summed E-state index contributed by atoms with van der Waals surface area (Å²) in [4.78, 5) is 0. The lowest BCUT2D eigenvalue weighted by Gasteiger charge is -2.08. The molecule has 0 saturated heterocycles. The minimum atomic E-state index is 0.108. The molecule has 0 aromatic carbocycles. The zero-order chi connectivity index (χ0) is 6.57. The first kappa shape index (κ1) is 8.58. The Morgan fingerprint density at radius 3 is 2.00 bits per heavy atom. The van der Waals surface area contributed by atoms with Gasteiger partial charge in [0.05, 0.1) is 0 Å². The molecule has 0 aromatic rings. The van der Waals surface area contributed by atoms with E-state index < -0.39 is 0 Å². The molecule has 0 amide bonds. The molecule has 0 aliphatic heterocycles. The van der Waals surface area contributed by atoms with E-state index in [0.29, 0.717) is 0 Å². The molecule has 0 aliphatic carbocycles. The average Bonchev–Trinajstić information content (AvgIpc) is 1.67. The van der Waals surface area contributed by atoms with Crippen molar-refractivity contribution >= 4 is 23.2 Å². The smallest absolute Gasteiger partial charge is 0.0496 e. The van der Waals surface area contributed by atoms with Gasteiger partial charge in [-0.15, -0.1) is 23.2 Å². The van der Waals surface area contributed by atoms with E-state index in [1.54, 1.807) is 0 Å². The maximum atomic E-state index is 5.78. The lowest BCUT2D eigenvalue weighted by Crippen LogP contribution is -2.09. The molecule has 8 heavy (non-hydrogen) atoms. The van der Waals surface area contributed by atoms with Crippen LogP contribution in [0.1, 0.15) is 26.7 Å². The molecule has 0 aromatic heterocycles. The second-order valence-corrected chi connectivity index (χ2v) is 3.23. The molecule has 2 atom stereocenters. The summed E-state index contributed by atoms with van der Waals surface area (Å²) < 4.78 is 0. The molecule has 0 bridgehead atoms. The van der Waals surface area contributed by atoms with Crippen molar-refractivity contribution in [2.45, 2.75) is 37.4 Å². The van der Waals surface area contributed by atoms with Crippen molar-refractivity contribution < 1.29 is 0 Å². The number of halogens is 2. The predicted molar refractivity (Wildman–Crippen MR) is 39.9 cm³/mol. The maximum Gasteiger partial charge on any atom is 0.0496 e. The quantitative estimate of drug-likeness (QED) is 0.549. The van der Waals surface area contributed by atoms with Crippen LogP contribution in [0.15, 0.2) is 0 Å². The zero-order valence-electron chi connectivity index (χ0n) is 5.32. The fourth-order valence-electron chi connectivity index (χ4n) is 0.505. The molecule has 0 nitrogen and oxygen atoms in total. The van der Waals surface area contributed by atoms with Crippen molar-refractivity contribution in [1.82, 2.24) is 0 Å². The molecule has 0 heterocycles. The summed E-state index contributed by atoms with van der Waals surface area (Å²) in [6.07, 6.45) is 2.14. The first-order valence-corrected chi connectivity index (χ1v) is 3.84. The molecule has 0 aliphatic rings. The van der Waals surface area contributed by atoms with Gasteiger partial charge in [-0.3, -0.25) is 0 Å². The van der Waals surface area contributed by atoms with Crippen LogP contribution in [0.25, 0.3) is 0 Å².